The van der Waals surface area contributed by atoms with Crippen LogP contribution >= 0.6 is 27.5 Å². The molecule has 2 unspecified atom stereocenters. The molecule has 0 aliphatic carbocycles. The van der Waals surface area contributed by atoms with E-state index in [2.05, 4.69) is 15.9 Å². The standard InChI is InChI=1S/C15H13BrClF2NO/c16-11-6-8(4-5-13(11)18)15(21)10(7-20)9-2-1-3-12(17)14(9)19/h1-6,10,15,21H,7,20H2. The average molecular weight is 377 g/mol. The average Bonchev–Trinajstić information content (AvgIpc) is 2.47. The number of hydrogen-bond donors (Lipinski definition) is 2. The molecule has 21 heavy (non-hydrogen) atoms. The Morgan fingerprint density at radius 3 is 2.57 bits per heavy atom. The summed E-state index contributed by atoms with van der Waals surface area (Å²) >= 11 is 8.81. The van der Waals surface area contributed by atoms with Crippen molar-refractivity contribution in [3.05, 3.63) is 68.7 Å². The van der Waals surface area contributed by atoms with E-state index in [0.29, 0.717) is 5.56 Å². The molecule has 3 N–H and O–H groups in total. The molecule has 0 radical (unpaired) electrons. The highest BCUT2D eigenvalue weighted by Gasteiger charge is 2.25. The molecule has 2 aromatic rings. The number of halogens is 4. The molecule has 0 aliphatic heterocycles. The van der Waals surface area contributed by atoms with Crippen molar-refractivity contribution in [2.24, 2.45) is 5.73 Å². The van der Waals surface area contributed by atoms with Crippen LogP contribution in [-0.4, -0.2) is 11.7 Å². The molecule has 6 heteroatoms. The first-order valence-corrected chi connectivity index (χ1v) is 7.39. The van der Waals surface area contributed by atoms with Crippen LogP contribution in [0.15, 0.2) is 40.9 Å². The minimum Gasteiger partial charge on any atom is -0.388 e. The van der Waals surface area contributed by atoms with Gasteiger partial charge >= 0.3 is 0 Å². The van der Waals surface area contributed by atoms with E-state index in [4.69, 9.17) is 17.3 Å². The summed E-state index contributed by atoms with van der Waals surface area (Å²) in [5, 5.41) is 10.4. The van der Waals surface area contributed by atoms with Crippen LogP contribution in [0.1, 0.15) is 23.1 Å². The molecule has 0 aliphatic rings. The molecule has 2 rings (SSSR count). The van der Waals surface area contributed by atoms with Crippen LogP contribution in [0.3, 0.4) is 0 Å². The first-order chi connectivity index (χ1) is 9.95. The molecule has 0 amide bonds. The Labute approximate surface area is 134 Å². The fourth-order valence-corrected chi connectivity index (χ4v) is 2.74. The van der Waals surface area contributed by atoms with Crippen molar-refractivity contribution in [2.45, 2.75) is 12.0 Å². The predicted octanol–water partition coefficient (Wildman–Crippen LogP) is 4.16. The Balaban J connectivity index is 2.40. The normalized spacial score (nSPS) is 14.0. The van der Waals surface area contributed by atoms with Crippen LogP contribution in [0.5, 0.6) is 0 Å². The van der Waals surface area contributed by atoms with Crippen LogP contribution in [0.4, 0.5) is 8.78 Å². The predicted molar refractivity (Wildman–Crippen MR) is 82.3 cm³/mol. The van der Waals surface area contributed by atoms with Gasteiger partial charge in [0.2, 0.25) is 0 Å². The van der Waals surface area contributed by atoms with Gasteiger partial charge in [-0.1, -0.05) is 29.8 Å². The van der Waals surface area contributed by atoms with Gasteiger partial charge in [-0.05, 0) is 45.3 Å². The van der Waals surface area contributed by atoms with Gasteiger partial charge in [0, 0.05) is 12.5 Å². The number of rotatable bonds is 4. The third-order valence-electron chi connectivity index (χ3n) is 3.30. The first kappa shape index (κ1) is 16.4. The summed E-state index contributed by atoms with van der Waals surface area (Å²) in [6.45, 7) is 0.0213. The monoisotopic (exact) mass is 375 g/mol. The van der Waals surface area contributed by atoms with E-state index in [-0.39, 0.29) is 21.6 Å². The number of aliphatic hydroxyl groups excluding tert-OH is 1. The zero-order valence-corrected chi connectivity index (χ0v) is 13.2. The molecular formula is C15H13BrClF2NO. The quantitative estimate of drug-likeness (QED) is 0.842. The van der Waals surface area contributed by atoms with Gasteiger partial charge in [0.05, 0.1) is 15.6 Å². The molecule has 0 saturated carbocycles. The molecule has 112 valence electrons. The highest BCUT2D eigenvalue weighted by atomic mass is 79.9. The minimum atomic E-state index is -1.07. The summed E-state index contributed by atoms with van der Waals surface area (Å²) in [6.07, 6.45) is -1.07. The molecule has 2 nitrogen and oxygen atoms in total. The Morgan fingerprint density at radius 2 is 1.95 bits per heavy atom. The topological polar surface area (TPSA) is 46.2 Å². The molecule has 0 saturated heterocycles. The maximum absolute atomic E-state index is 14.1. The Bertz CT molecular complexity index is 654. The van der Waals surface area contributed by atoms with E-state index in [9.17, 15) is 13.9 Å². The van der Waals surface area contributed by atoms with Crippen LogP contribution in [-0.2, 0) is 0 Å². The number of nitrogens with two attached hydrogens (primary N) is 1. The maximum Gasteiger partial charge on any atom is 0.145 e. The molecule has 0 heterocycles. The second kappa shape index (κ2) is 6.83. The summed E-state index contributed by atoms with van der Waals surface area (Å²) < 4.78 is 27.6. The second-order valence-corrected chi connectivity index (χ2v) is 5.87. The molecule has 0 spiro atoms. The summed E-state index contributed by atoms with van der Waals surface area (Å²) in [4.78, 5) is 0. The number of hydrogen-bond acceptors (Lipinski definition) is 2. The highest BCUT2D eigenvalue weighted by Crippen LogP contribution is 2.34. The molecule has 0 fully saturated rings. The molecular weight excluding hydrogens is 364 g/mol. The highest BCUT2D eigenvalue weighted by molar-refractivity contribution is 9.10. The molecule has 2 aromatic carbocycles. The van der Waals surface area contributed by atoms with Crippen LogP contribution < -0.4 is 5.73 Å². The lowest BCUT2D eigenvalue weighted by molar-refractivity contribution is 0.145. The number of aliphatic hydroxyl groups is 1. The minimum absolute atomic E-state index is 0.0213. The Kier molecular flexibility index (Phi) is 5.32. The molecule has 2 atom stereocenters. The van der Waals surface area contributed by atoms with Crippen molar-refractivity contribution in [3.63, 3.8) is 0 Å². The van der Waals surface area contributed by atoms with E-state index in [1.807, 2.05) is 0 Å². The van der Waals surface area contributed by atoms with Gasteiger partial charge < -0.3 is 10.8 Å². The van der Waals surface area contributed by atoms with Crippen molar-refractivity contribution in [3.8, 4) is 0 Å². The van der Waals surface area contributed by atoms with Crippen LogP contribution in [0.25, 0.3) is 0 Å². The second-order valence-electron chi connectivity index (χ2n) is 4.60. The Hall–Kier alpha value is -1.01. The van der Waals surface area contributed by atoms with E-state index in [1.165, 1.54) is 30.3 Å². The zero-order valence-electron chi connectivity index (χ0n) is 10.9. The summed E-state index contributed by atoms with van der Waals surface area (Å²) in [5.41, 5.74) is 6.35. The number of benzene rings is 2. The lowest BCUT2D eigenvalue weighted by atomic mass is 9.89. The van der Waals surface area contributed by atoms with Crippen molar-refractivity contribution in [1.29, 1.82) is 0 Å². The van der Waals surface area contributed by atoms with E-state index < -0.39 is 23.7 Å². The maximum atomic E-state index is 14.1. The van der Waals surface area contributed by atoms with Gasteiger partial charge in [0.25, 0.3) is 0 Å². The largest absolute Gasteiger partial charge is 0.388 e. The first-order valence-electron chi connectivity index (χ1n) is 6.22. The van der Waals surface area contributed by atoms with Gasteiger partial charge in [-0.25, -0.2) is 8.78 Å². The van der Waals surface area contributed by atoms with Gasteiger partial charge in [0.1, 0.15) is 11.6 Å². The van der Waals surface area contributed by atoms with Crippen molar-refractivity contribution in [2.75, 3.05) is 6.54 Å². The van der Waals surface area contributed by atoms with Crippen molar-refractivity contribution in [1.82, 2.24) is 0 Å². The van der Waals surface area contributed by atoms with Gasteiger partial charge in [-0.2, -0.15) is 0 Å². The third kappa shape index (κ3) is 3.43. The lowest BCUT2D eigenvalue weighted by Gasteiger charge is -2.23. The van der Waals surface area contributed by atoms with E-state index in [0.717, 1.165) is 0 Å². The Morgan fingerprint density at radius 1 is 1.24 bits per heavy atom. The zero-order chi connectivity index (χ0) is 15.6. The van der Waals surface area contributed by atoms with E-state index >= 15 is 0 Å². The van der Waals surface area contributed by atoms with Gasteiger partial charge in [-0.3, -0.25) is 0 Å². The van der Waals surface area contributed by atoms with Gasteiger partial charge in [0.15, 0.2) is 0 Å². The van der Waals surface area contributed by atoms with Crippen LogP contribution in [0, 0.1) is 11.6 Å². The lowest BCUT2D eigenvalue weighted by Crippen LogP contribution is -2.21. The molecule has 0 aromatic heterocycles. The van der Waals surface area contributed by atoms with Crippen molar-refractivity contribution < 1.29 is 13.9 Å². The summed E-state index contributed by atoms with van der Waals surface area (Å²) in [6, 6.07) is 8.66. The third-order valence-corrected chi connectivity index (χ3v) is 4.20. The van der Waals surface area contributed by atoms with Crippen LogP contribution in [0.2, 0.25) is 5.02 Å². The van der Waals surface area contributed by atoms with Gasteiger partial charge in [-0.15, -0.1) is 0 Å². The smallest absolute Gasteiger partial charge is 0.145 e. The fourth-order valence-electron chi connectivity index (χ4n) is 2.16. The summed E-state index contributed by atoms with van der Waals surface area (Å²) in [7, 11) is 0. The SMILES string of the molecule is NCC(c1cccc(Cl)c1F)C(O)c1ccc(F)c(Br)c1. The summed E-state index contributed by atoms with van der Waals surface area (Å²) in [5.74, 6) is -1.72. The van der Waals surface area contributed by atoms with Crippen molar-refractivity contribution >= 4 is 27.5 Å². The van der Waals surface area contributed by atoms with E-state index in [1.54, 1.807) is 6.07 Å². The molecule has 0 bridgehead atoms. The fraction of sp³-hybridized carbons (Fsp3) is 0.200.